The van der Waals surface area contributed by atoms with Crippen LogP contribution in [0.15, 0.2) is 54.6 Å². The van der Waals surface area contributed by atoms with E-state index in [-0.39, 0.29) is 25.5 Å². The number of carbonyl (C=O) groups excluding carboxylic acids is 1. The van der Waals surface area contributed by atoms with Crippen molar-refractivity contribution in [2.75, 3.05) is 24.7 Å². The Morgan fingerprint density at radius 1 is 1.08 bits per heavy atom. The summed E-state index contributed by atoms with van der Waals surface area (Å²) in [6.07, 6.45) is 1.10. The predicted molar refractivity (Wildman–Crippen MR) is 95.1 cm³/mol. The first kappa shape index (κ1) is 18.9. The Morgan fingerprint density at radius 3 is 2.32 bits per heavy atom. The van der Waals surface area contributed by atoms with Crippen molar-refractivity contribution in [2.45, 2.75) is 6.54 Å². The van der Waals surface area contributed by atoms with Crippen molar-refractivity contribution in [3.05, 3.63) is 66.0 Å². The highest BCUT2D eigenvalue weighted by atomic mass is 32.2. The van der Waals surface area contributed by atoms with Gasteiger partial charge in [-0.3, -0.25) is 0 Å². The topological polar surface area (TPSA) is 78.5 Å². The molecule has 2 aromatic rings. The smallest absolute Gasteiger partial charge is 0.319 e. The first-order valence-electron chi connectivity index (χ1n) is 7.64. The van der Waals surface area contributed by atoms with E-state index in [1.165, 1.54) is 28.6 Å². The van der Waals surface area contributed by atoms with Gasteiger partial charge in [0.05, 0.1) is 6.26 Å². The largest absolute Gasteiger partial charge is 0.337 e. The van der Waals surface area contributed by atoms with Crippen molar-refractivity contribution < 1.29 is 17.6 Å². The van der Waals surface area contributed by atoms with Crippen LogP contribution >= 0.6 is 0 Å². The lowest BCUT2D eigenvalue weighted by atomic mass is 10.2. The van der Waals surface area contributed by atoms with Crippen LogP contribution in [0.4, 0.5) is 14.9 Å². The van der Waals surface area contributed by atoms with Gasteiger partial charge in [-0.05, 0) is 29.8 Å². The summed E-state index contributed by atoms with van der Waals surface area (Å²) >= 11 is 0. The fourth-order valence-corrected chi connectivity index (χ4v) is 2.95. The Labute approximate surface area is 146 Å². The monoisotopic (exact) mass is 365 g/mol. The SMILES string of the molecule is CS(=O)(=O)N(CCNC(=O)Nc1ccccc1)Cc1ccc(F)cc1. The summed E-state index contributed by atoms with van der Waals surface area (Å²) in [6.45, 7) is 0.368. The summed E-state index contributed by atoms with van der Waals surface area (Å²) < 4.78 is 38.0. The average Bonchev–Trinajstić information content (AvgIpc) is 2.56. The van der Waals surface area contributed by atoms with Crippen molar-refractivity contribution in [3.63, 3.8) is 0 Å². The van der Waals surface area contributed by atoms with Crippen molar-refractivity contribution >= 4 is 21.7 Å². The molecule has 6 nitrogen and oxygen atoms in total. The number of para-hydroxylation sites is 1. The van der Waals surface area contributed by atoms with E-state index in [1.54, 1.807) is 24.3 Å². The molecule has 0 unspecified atom stereocenters. The van der Waals surface area contributed by atoms with E-state index in [1.807, 2.05) is 6.07 Å². The molecule has 25 heavy (non-hydrogen) atoms. The van der Waals surface area contributed by atoms with E-state index in [4.69, 9.17) is 0 Å². The molecule has 0 radical (unpaired) electrons. The van der Waals surface area contributed by atoms with Crippen LogP contribution in [0, 0.1) is 5.82 Å². The predicted octanol–water partition coefficient (Wildman–Crippen LogP) is 2.41. The number of benzene rings is 2. The van der Waals surface area contributed by atoms with Gasteiger partial charge in [0.2, 0.25) is 10.0 Å². The molecular formula is C17H20FN3O3S. The molecule has 0 spiro atoms. The van der Waals surface area contributed by atoms with Gasteiger partial charge in [0.15, 0.2) is 0 Å². The van der Waals surface area contributed by atoms with Gasteiger partial charge in [-0.1, -0.05) is 30.3 Å². The number of amides is 2. The molecule has 2 N–H and O–H groups in total. The summed E-state index contributed by atoms with van der Waals surface area (Å²) in [4.78, 5) is 11.8. The van der Waals surface area contributed by atoms with Crippen LogP contribution in [0.3, 0.4) is 0 Å². The van der Waals surface area contributed by atoms with Crippen LogP contribution < -0.4 is 10.6 Å². The molecule has 0 heterocycles. The first-order chi connectivity index (χ1) is 11.8. The Kier molecular flexibility index (Phi) is 6.49. The number of nitrogens with zero attached hydrogens (tertiary/aromatic N) is 1. The van der Waals surface area contributed by atoms with Crippen LogP contribution in [0.1, 0.15) is 5.56 Å². The van der Waals surface area contributed by atoms with Gasteiger partial charge in [0.1, 0.15) is 5.82 Å². The number of rotatable bonds is 7. The number of halogens is 1. The van der Waals surface area contributed by atoms with Crippen LogP contribution in [-0.2, 0) is 16.6 Å². The minimum Gasteiger partial charge on any atom is -0.337 e. The number of hydrogen-bond acceptors (Lipinski definition) is 3. The standard InChI is InChI=1S/C17H20FN3O3S/c1-25(23,24)21(13-14-7-9-15(18)10-8-14)12-11-19-17(22)20-16-5-3-2-4-6-16/h2-10H,11-13H2,1H3,(H2,19,20,22). The lowest BCUT2D eigenvalue weighted by molar-refractivity contribution is 0.251. The Balaban J connectivity index is 1.87. The van der Waals surface area contributed by atoms with Crippen LogP contribution in [0.25, 0.3) is 0 Å². The number of nitrogens with one attached hydrogen (secondary N) is 2. The number of hydrogen-bond donors (Lipinski definition) is 2. The summed E-state index contributed by atoms with van der Waals surface area (Å²) in [7, 11) is -3.46. The molecule has 0 saturated heterocycles. The molecule has 2 amide bonds. The highest BCUT2D eigenvalue weighted by molar-refractivity contribution is 7.88. The lowest BCUT2D eigenvalue weighted by Crippen LogP contribution is -2.39. The fraction of sp³-hybridized carbons (Fsp3) is 0.235. The Morgan fingerprint density at radius 2 is 1.72 bits per heavy atom. The minimum absolute atomic E-state index is 0.110. The second-order valence-electron chi connectivity index (χ2n) is 5.47. The number of urea groups is 1. The highest BCUT2D eigenvalue weighted by Gasteiger charge is 2.17. The third-order valence-electron chi connectivity index (χ3n) is 3.42. The molecule has 0 bridgehead atoms. The second-order valence-corrected chi connectivity index (χ2v) is 7.45. The molecule has 0 aliphatic heterocycles. The first-order valence-corrected chi connectivity index (χ1v) is 9.49. The third-order valence-corrected chi connectivity index (χ3v) is 4.67. The Hall–Kier alpha value is -2.45. The van der Waals surface area contributed by atoms with E-state index in [0.717, 1.165) is 6.26 Å². The van der Waals surface area contributed by atoms with Gasteiger partial charge in [-0.15, -0.1) is 0 Å². The number of anilines is 1. The van der Waals surface area contributed by atoms with E-state index >= 15 is 0 Å². The maximum atomic E-state index is 12.9. The fourth-order valence-electron chi connectivity index (χ4n) is 2.15. The van der Waals surface area contributed by atoms with Crippen molar-refractivity contribution in [3.8, 4) is 0 Å². The zero-order chi connectivity index (χ0) is 18.3. The maximum Gasteiger partial charge on any atom is 0.319 e. The normalized spacial score (nSPS) is 11.3. The summed E-state index contributed by atoms with van der Waals surface area (Å²) in [5.74, 6) is -0.381. The van der Waals surface area contributed by atoms with E-state index < -0.39 is 16.1 Å². The van der Waals surface area contributed by atoms with Crippen molar-refractivity contribution in [1.29, 1.82) is 0 Å². The van der Waals surface area contributed by atoms with E-state index in [2.05, 4.69) is 10.6 Å². The third kappa shape index (κ3) is 6.52. The van der Waals surface area contributed by atoms with Gasteiger partial charge >= 0.3 is 6.03 Å². The van der Waals surface area contributed by atoms with Crippen molar-refractivity contribution in [2.24, 2.45) is 0 Å². The molecule has 2 aromatic carbocycles. The van der Waals surface area contributed by atoms with Gasteiger partial charge in [-0.2, -0.15) is 4.31 Å². The molecule has 134 valence electrons. The molecule has 0 aliphatic carbocycles. The number of carbonyl (C=O) groups is 1. The van der Waals surface area contributed by atoms with E-state index in [9.17, 15) is 17.6 Å². The van der Waals surface area contributed by atoms with Crippen LogP contribution in [0.5, 0.6) is 0 Å². The van der Waals surface area contributed by atoms with Gasteiger partial charge in [0, 0.05) is 25.3 Å². The highest BCUT2D eigenvalue weighted by Crippen LogP contribution is 2.09. The zero-order valence-corrected chi connectivity index (χ0v) is 14.6. The van der Waals surface area contributed by atoms with Crippen LogP contribution in [-0.4, -0.2) is 38.1 Å². The summed E-state index contributed by atoms with van der Waals surface area (Å²) in [5, 5.41) is 5.26. The average molecular weight is 365 g/mol. The molecule has 2 rings (SSSR count). The summed E-state index contributed by atoms with van der Waals surface area (Å²) in [5.41, 5.74) is 1.31. The minimum atomic E-state index is -3.46. The van der Waals surface area contributed by atoms with Crippen molar-refractivity contribution in [1.82, 2.24) is 9.62 Å². The second kappa shape index (κ2) is 8.59. The van der Waals surface area contributed by atoms with Gasteiger partial charge in [-0.25, -0.2) is 17.6 Å². The van der Waals surface area contributed by atoms with Gasteiger partial charge < -0.3 is 10.6 Å². The molecule has 0 aromatic heterocycles. The molecule has 8 heteroatoms. The van der Waals surface area contributed by atoms with E-state index in [0.29, 0.717) is 11.3 Å². The number of sulfonamides is 1. The Bertz CT molecular complexity index is 796. The molecule has 0 fully saturated rings. The molecule has 0 saturated carbocycles. The molecule has 0 atom stereocenters. The van der Waals surface area contributed by atoms with Gasteiger partial charge in [0.25, 0.3) is 0 Å². The maximum absolute atomic E-state index is 12.9. The quantitative estimate of drug-likeness (QED) is 0.791. The zero-order valence-electron chi connectivity index (χ0n) is 13.8. The van der Waals surface area contributed by atoms with Crippen LogP contribution in [0.2, 0.25) is 0 Å². The molecule has 0 aliphatic rings. The summed E-state index contributed by atoms with van der Waals surface area (Å²) in [6, 6.07) is 14.1. The lowest BCUT2D eigenvalue weighted by Gasteiger charge is -2.20. The molecular weight excluding hydrogens is 345 g/mol.